The van der Waals surface area contributed by atoms with E-state index < -0.39 is 0 Å². The first-order chi connectivity index (χ1) is 17.2. The fraction of sp³-hybridized carbons (Fsp3) is 0.148. The van der Waals surface area contributed by atoms with Gasteiger partial charge in [0.25, 0.3) is 5.56 Å². The van der Waals surface area contributed by atoms with E-state index in [9.17, 15) is 4.79 Å². The Morgan fingerprint density at radius 1 is 0.971 bits per heavy atom. The van der Waals surface area contributed by atoms with Crippen LogP contribution in [0.3, 0.4) is 0 Å². The highest BCUT2D eigenvalue weighted by molar-refractivity contribution is 9.10. The molecule has 1 aliphatic heterocycles. The number of ether oxygens (including phenoxy) is 1. The zero-order valence-electron chi connectivity index (χ0n) is 18.7. The molecular formula is C27H21BrN4O3. The average Bonchev–Trinajstić information content (AvgIpc) is 3.32. The van der Waals surface area contributed by atoms with Crippen LogP contribution in [0.2, 0.25) is 0 Å². The maximum absolute atomic E-state index is 13.4. The first-order valence-electron chi connectivity index (χ1n) is 11.3. The van der Waals surface area contributed by atoms with Crippen molar-refractivity contribution >= 4 is 49.7 Å². The third kappa shape index (κ3) is 4.26. The molecular weight excluding hydrogens is 508 g/mol. The largest absolute Gasteiger partial charge is 0.453 e. The molecule has 2 aromatic heterocycles. The highest BCUT2D eigenvalue weighted by Gasteiger charge is 2.17. The van der Waals surface area contributed by atoms with E-state index in [0.717, 1.165) is 47.4 Å². The normalized spacial score (nSPS) is 14.4. The van der Waals surface area contributed by atoms with Gasteiger partial charge in [0.15, 0.2) is 5.76 Å². The van der Waals surface area contributed by atoms with Crippen molar-refractivity contribution in [1.29, 1.82) is 0 Å². The number of anilines is 1. The second kappa shape index (κ2) is 9.13. The van der Waals surface area contributed by atoms with Gasteiger partial charge in [0.1, 0.15) is 5.58 Å². The van der Waals surface area contributed by atoms with Gasteiger partial charge in [-0.2, -0.15) is 9.78 Å². The maximum Gasteiger partial charge on any atom is 0.282 e. The van der Waals surface area contributed by atoms with Crippen molar-refractivity contribution in [1.82, 2.24) is 9.66 Å². The Balaban J connectivity index is 1.42. The standard InChI is InChI=1S/C27H21BrN4O3/c28-20-7-10-24-19(15-20)16-25(35-24)26-30-23-4-2-1-3-22(23)27(33)32(26)29-17-18-5-8-21(9-6-18)31-11-13-34-14-12-31/h1-10,15-17H,11-14H2. The van der Waals surface area contributed by atoms with Gasteiger partial charge in [0.05, 0.1) is 30.3 Å². The molecule has 8 heteroatoms. The first-order valence-corrected chi connectivity index (χ1v) is 12.1. The number of nitrogens with zero attached hydrogens (tertiary/aromatic N) is 4. The molecule has 35 heavy (non-hydrogen) atoms. The smallest absolute Gasteiger partial charge is 0.282 e. The Kier molecular flexibility index (Phi) is 5.67. The lowest BCUT2D eigenvalue weighted by atomic mass is 10.2. The van der Waals surface area contributed by atoms with Crippen LogP contribution in [0.1, 0.15) is 5.56 Å². The maximum atomic E-state index is 13.4. The minimum absolute atomic E-state index is 0.256. The monoisotopic (exact) mass is 528 g/mol. The van der Waals surface area contributed by atoms with Crippen LogP contribution in [-0.2, 0) is 4.74 Å². The number of morpholine rings is 1. The number of para-hydroxylation sites is 1. The third-order valence-electron chi connectivity index (χ3n) is 6.04. The molecule has 1 aliphatic rings. The number of hydrogen-bond donors (Lipinski definition) is 0. The van der Waals surface area contributed by atoms with Gasteiger partial charge in [0.2, 0.25) is 5.82 Å². The summed E-state index contributed by atoms with van der Waals surface area (Å²) in [7, 11) is 0. The highest BCUT2D eigenvalue weighted by atomic mass is 79.9. The van der Waals surface area contributed by atoms with Gasteiger partial charge in [-0.15, -0.1) is 0 Å². The number of halogens is 1. The number of aromatic nitrogens is 2. The van der Waals surface area contributed by atoms with Gasteiger partial charge in [-0.05, 0) is 54.1 Å². The van der Waals surface area contributed by atoms with Crippen molar-refractivity contribution in [3.8, 4) is 11.6 Å². The van der Waals surface area contributed by atoms with E-state index in [1.54, 1.807) is 12.3 Å². The predicted octanol–water partition coefficient (Wildman–Crippen LogP) is 5.29. The fourth-order valence-corrected chi connectivity index (χ4v) is 4.61. The predicted molar refractivity (Wildman–Crippen MR) is 141 cm³/mol. The third-order valence-corrected chi connectivity index (χ3v) is 6.54. The van der Waals surface area contributed by atoms with Crippen molar-refractivity contribution < 1.29 is 9.15 Å². The van der Waals surface area contributed by atoms with Crippen LogP contribution in [0.5, 0.6) is 0 Å². The summed E-state index contributed by atoms with van der Waals surface area (Å²) in [5.41, 5.74) is 3.06. The SMILES string of the molecule is O=c1c2ccccc2nc(-c2cc3cc(Br)ccc3o2)n1N=Cc1ccc(N2CCOCC2)cc1. The molecule has 0 unspecified atom stereocenters. The summed E-state index contributed by atoms with van der Waals surface area (Å²) in [4.78, 5) is 20.4. The number of hydrogen-bond acceptors (Lipinski definition) is 6. The molecule has 0 amide bonds. The topological polar surface area (TPSA) is 72.9 Å². The number of benzene rings is 3. The molecule has 3 heterocycles. The van der Waals surface area contributed by atoms with Gasteiger partial charge in [-0.3, -0.25) is 4.79 Å². The van der Waals surface area contributed by atoms with E-state index in [0.29, 0.717) is 28.1 Å². The van der Waals surface area contributed by atoms with Crippen molar-refractivity contribution in [2.75, 3.05) is 31.2 Å². The summed E-state index contributed by atoms with van der Waals surface area (Å²) in [6, 6.07) is 23.0. The molecule has 0 N–H and O–H groups in total. The number of furan rings is 1. The van der Waals surface area contributed by atoms with Crippen LogP contribution >= 0.6 is 15.9 Å². The van der Waals surface area contributed by atoms with E-state index in [1.807, 2.05) is 54.6 Å². The lowest BCUT2D eigenvalue weighted by molar-refractivity contribution is 0.122. The molecule has 6 rings (SSSR count). The molecule has 1 fully saturated rings. The van der Waals surface area contributed by atoms with Crippen LogP contribution in [0.4, 0.5) is 5.69 Å². The van der Waals surface area contributed by atoms with Crippen molar-refractivity contribution in [2.24, 2.45) is 5.10 Å². The Morgan fingerprint density at radius 3 is 2.60 bits per heavy atom. The first kappa shape index (κ1) is 21.8. The molecule has 0 saturated carbocycles. The van der Waals surface area contributed by atoms with Crippen molar-refractivity contribution in [3.05, 3.63) is 93.2 Å². The van der Waals surface area contributed by atoms with Crippen LogP contribution in [0.25, 0.3) is 33.5 Å². The van der Waals surface area contributed by atoms with Gasteiger partial charge in [-0.25, -0.2) is 4.98 Å². The van der Waals surface area contributed by atoms with Crippen molar-refractivity contribution in [2.45, 2.75) is 0 Å². The Morgan fingerprint density at radius 2 is 1.77 bits per heavy atom. The fourth-order valence-electron chi connectivity index (χ4n) is 4.23. The molecule has 0 atom stereocenters. The lowest BCUT2D eigenvalue weighted by Gasteiger charge is -2.28. The second-order valence-corrected chi connectivity index (χ2v) is 9.21. The molecule has 174 valence electrons. The number of fused-ring (bicyclic) bond motifs is 2. The van der Waals surface area contributed by atoms with Crippen LogP contribution in [0, 0.1) is 0 Å². The Hall–Kier alpha value is -3.75. The van der Waals surface area contributed by atoms with E-state index in [4.69, 9.17) is 14.1 Å². The zero-order valence-corrected chi connectivity index (χ0v) is 20.3. The minimum Gasteiger partial charge on any atom is -0.453 e. The summed E-state index contributed by atoms with van der Waals surface area (Å²) in [6.07, 6.45) is 1.67. The van der Waals surface area contributed by atoms with Crippen molar-refractivity contribution in [3.63, 3.8) is 0 Å². The molecule has 0 aliphatic carbocycles. The van der Waals surface area contributed by atoms with Crippen LogP contribution in [0.15, 0.2) is 91.6 Å². The van der Waals surface area contributed by atoms with Gasteiger partial charge in [-0.1, -0.05) is 40.2 Å². The van der Waals surface area contributed by atoms with E-state index >= 15 is 0 Å². The molecule has 0 spiro atoms. The molecule has 0 radical (unpaired) electrons. The quantitative estimate of drug-likeness (QED) is 0.296. The summed E-state index contributed by atoms with van der Waals surface area (Å²) in [6.45, 7) is 3.23. The van der Waals surface area contributed by atoms with Gasteiger partial charge < -0.3 is 14.1 Å². The Bertz CT molecular complexity index is 1620. The van der Waals surface area contributed by atoms with Crippen LogP contribution < -0.4 is 10.5 Å². The molecule has 7 nitrogen and oxygen atoms in total. The van der Waals surface area contributed by atoms with Gasteiger partial charge in [0, 0.05) is 28.6 Å². The summed E-state index contributed by atoms with van der Waals surface area (Å²) in [5.74, 6) is 0.822. The van der Waals surface area contributed by atoms with Gasteiger partial charge >= 0.3 is 0 Å². The molecule has 5 aromatic rings. The average molecular weight is 529 g/mol. The van der Waals surface area contributed by atoms with E-state index in [2.05, 4.69) is 38.1 Å². The molecule has 3 aromatic carbocycles. The molecule has 0 bridgehead atoms. The summed E-state index contributed by atoms with van der Waals surface area (Å²) >= 11 is 3.49. The van der Waals surface area contributed by atoms with E-state index in [1.165, 1.54) is 4.68 Å². The zero-order chi connectivity index (χ0) is 23.8. The molecule has 1 saturated heterocycles. The lowest BCUT2D eigenvalue weighted by Crippen LogP contribution is -2.36. The summed E-state index contributed by atoms with van der Waals surface area (Å²) < 4.78 is 13.7. The van der Waals surface area contributed by atoms with Crippen LogP contribution in [-0.4, -0.2) is 42.2 Å². The number of rotatable bonds is 4. The summed E-state index contributed by atoms with van der Waals surface area (Å²) in [5, 5.41) is 5.95. The minimum atomic E-state index is -0.256. The highest BCUT2D eigenvalue weighted by Crippen LogP contribution is 2.29. The Labute approximate surface area is 209 Å². The van der Waals surface area contributed by atoms with E-state index in [-0.39, 0.29) is 5.56 Å². The second-order valence-electron chi connectivity index (χ2n) is 8.30.